The molecule has 0 spiro atoms. The molecule has 3 nitrogen and oxygen atoms in total. The van der Waals surface area contributed by atoms with Crippen LogP contribution >= 0.6 is 0 Å². The molecule has 0 bridgehead atoms. The van der Waals surface area contributed by atoms with Gasteiger partial charge in [0.25, 0.3) is 0 Å². The lowest BCUT2D eigenvalue weighted by molar-refractivity contribution is 1.11. The fraction of sp³-hybridized carbons (Fsp3) is 0.182. The van der Waals surface area contributed by atoms with E-state index in [0.29, 0.717) is 5.56 Å². The van der Waals surface area contributed by atoms with E-state index in [4.69, 9.17) is 5.73 Å². The minimum atomic E-state index is 0.287. The topological polar surface area (TPSA) is 62.7 Å². The highest BCUT2D eigenvalue weighted by Crippen LogP contribution is 2.38. The van der Waals surface area contributed by atoms with Crippen LogP contribution in [-0.4, -0.2) is 4.98 Å². The van der Waals surface area contributed by atoms with Crippen molar-refractivity contribution in [2.75, 3.05) is 5.73 Å². The number of rotatable bonds is 3. The van der Waals surface area contributed by atoms with Gasteiger partial charge in [0, 0.05) is 11.1 Å². The van der Waals surface area contributed by atoms with Gasteiger partial charge in [0.1, 0.15) is 17.5 Å². The molecule has 25 heavy (non-hydrogen) atoms. The predicted octanol–water partition coefficient (Wildman–Crippen LogP) is 5.05. The van der Waals surface area contributed by atoms with Crippen molar-refractivity contribution in [1.29, 1.82) is 5.26 Å². The Labute approximate surface area is 148 Å². The number of hydrogen-bond acceptors (Lipinski definition) is 3. The van der Waals surface area contributed by atoms with Crippen molar-refractivity contribution in [2.45, 2.75) is 27.2 Å². The molecular formula is C22H21N3. The summed E-state index contributed by atoms with van der Waals surface area (Å²) in [6, 6.07) is 18.6. The van der Waals surface area contributed by atoms with E-state index < -0.39 is 0 Å². The first-order valence-corrected chi connectivity index (χ1v) is 8.42. The SMILES string of the molecule is CCc1c(-c2ccccc2)nc(N)c(C#N)c1-c1cc(C)ccc1C. The Hall–Kier alpha value is -3.12. The second kappa shape index (κ2) is 6.78. The highest BCUT2D eigenvalue weighted by Gasteiger charge is 2.20. The maximum absolute atomic E-state index is 9.73. The third-order valence-corrected chi connectivity index (χ3v) is 4.50. The summed E-state index contributed by atoms with van der Waals surface area (Å²) in [6.45, 7) is 6.22. The van der Waals surface area contributed by atoms with Gasteiger partial charge in [0.15, 0.2) is 0 Å². The van der Waals surface area contributed by atoms with Gasteiger partial charge in [-0.1, -0.05) is 61.0 Å². The number of benzene rings is 2. The van der Waals surface area contributed by atoms with Crippen LogP contribution in [0.2, 0.25) is 0 Å². The average molecular weight is 327 g/mol. The van der Waals surface area contributed by atoms with Crippen LogP contribution in [0.1, 0.15) is 29.2 Å². The molecule has 3 aromatic rings. The van der Waals surface area contributed by atoms with E-state index in [9.17, 15) is 5.26 Å². The van der Waals surface area contributed by atoms with E-state index in [1.807, 2.05) is 30.3 Å². The number of pyridine rings is 1. The fourth-order valence-electron chi connectivity index (χ4n) is 3.24. The molecule has 0 aliphatic rings. The number of nitrogen functional groups attached to an aromatic ring is 1. The highest BCUT2D eigenvalue weighted by atomic mass is 14.9. The van der Waals surface area contributed by atoms with Crippen molar-refractivity contribution in [3.8, 4) is 28.5 Å². The Balaban J connectivity index is 2.43. The minimum Gasteiger partial charge on any atom is -0.383 e. The zero-order valence-corrected chi connectivity index (χ0v) is 14.8. The molecule has 0 aliphatic carbocycles. The Morgan fingerprint density at radius 2 is 1.80 bits per heavy atom. The lowest BCUT2D eigenvalue weighted by Gasteiger charge is -2.18. The van der Waals surface area contributed by atoms with Gasteiger partial charge in [-0.25, -0.2) is 4.98 Å². The van der Waals surface area contributed by atoms with Gasteiger partial charge in [0.2, 0.25) is 0 Å². The molecule has 0 saturated heterocycles. The van der Waals surface area contributed by atoms with E-state index in [1.54, 1.807) is 0 Å². The van der Waals surface area contributed by atoms with E-state index in [-0.39, 0.29) is 5.82 Å². The second-order valence-corrected chi connectivity index (χ2v) is 6.22. The standard InChI is InChI=1S/C22H21N3/c1-4-17-20(18-12-14(2)10-11-15(18)3)19(13-23)22(24)25-21(17)16-8-6-5-7-9-16/h5-12H,4H2,1-3H3,(H2,24,25). The molecule has 0 saturated carbocycles. The van der Waals surface area contributed by atoms with Crippen molar-refractivity contribution in [3.05, 3.63) is 70.8 Å². The summed E-state index contributed by atoms with van der Waals surface area (Å²) in [5.74, 6) is 0.287. The summed E-state index contributed by atoms with van der Waals surface area (Å²) in [4.78, 5) is 4.58. The number of anilines is 1. The van der Waals surface area contributed by atoms with Crippen molar-refractivity contribution >= 4 is 5.82 Å². The van der Waals surface area contributed by atoms with Gasteiger partial charge in [0.05, 0.1) is 5.69 Å². The molecule has 1 aromatic heterocycles. The number of nitrogens with zero attached hydrogens (tertiary/aromatic N) is 2. The van der Waals surface area contributed by atoms with Gasteiger partial charge in [-0.05, 0) is 37.0 Å². The molecular weight excluding hydrogens is 306 g/mol. The van der Waals surface area contributed by atoms with Gasteiger partial charge in [-0.2, -0.15) is 5.26 Å². The summed E-state index contributed by atoms with van der Waals surface area (Å²) in [5.41, 5.74) is 13.8. The Bertz CT molecular complexity index is 967. The number of aryl methyl sites for hydroxylation is 2. The van der Waals surface area contributed by atoms with Crippen molar-refractivity contribution in [2.24, 2.45) is 0 Å². The van der Waals surface area contributed by atoms with E-state index in [0.717, 1.165) is 45.5 Å². The summed E-state index contributed by atoms with van der Waals surface area (Å²) < 4.78 is 0. The fourth-order valence-corrected chi connectivity index (χ4v) is 3.24. The van der Waals surface area contributed by atoms with E-state index in [1.165, 1.54) is 0 Å². The molecule has 2 N–H and O–H groups in total. The normalized spacial score (nSPS) is 10.5. The van der Waals surface area contributed by atoms with Crippen LogP contribution in [0.25, 0.3) is 22.4 Å². The summed E-state index contributed by atoms with van der Waals surface area (Å²) in [5, 5.41) is 9.73. The molecule has 0 radical (unpaired) electrons. The first-order valence-electron chi connectivity index (χ1n) is 8.42. The zero-order chi connectivity index (χ0) is 18.0. The third-order valence-electron chi connectivity index (χ3n) is 4.50. The van der Waals surface area contributed by atoms with Gasteiger partial charge in [-0.15, -0.1) is 0 Å². The highest BCUT2D eigenvalue weighted by molar-refractivity contribution is 5.85. The maximum Gasteiger partial charge on any atom is 0.142 e. The second-order valence-electron chi connectivity index (χ2n) is 6.22. The number of hydrogen-bond donors (Lipinski definition) is 1. The first-order chi connectivity index (χ1) is 12.1. The number of nitriles is 1. The van der Waals surface area contributed by atoms with Crippen LogP contribution in [0.4, 0.5) is 5.82 Å². The van der Waals surface area contributed by atoms with E-state index >= 15 is 0 Å². The minimum absolute atomic E-state index is 0.287. The van der Waals surface area contributed by atoms with Crippen LogP contribution in [-0.2, 0) is 6.42 Å². The van der Waals surface area contributed by atoms with Crippen molar-refractivity contribution in [1.82, 2.24) is 4.98 Å². The molecule has 3 heteroatoms. The van der Waals surface area contributed by atoms with Crippen molar-refractivity contribution < 1.29 is 0 Å². The van der Waals surface area contributed by atoms with E-state index in [2.05, 4.69) is 50.0 Å². The lowest BCUT2D eigenvalue weighted by Crippen LogP contribution is -2.06. The Kier molecular flexibility index (Phi) is 4.54. The summed E-state index contributed by atoms with van der Waals surface area (Å²) >= 11 is 0. The summed E-state index contributed by atoms with van der Waals surface area (Å²) in [6.07, 6.45) is 0.773. The van der Waals surface area contributed by atoms with Crippen LogP contribution in [0, 0.1) is 25.2 Å². The Morgan fingerprint density at radius 3 is 2.44 bits per heavy atom. The molecule has 2 aromatic carbocycles. The van der Waals surface area contributed by atoms with Gasteiger partial charge < -0.3 is 5.73 Å². The maximum atomic E-state index is 9.73. The molecule has 0 fully saturated rings. The zero-order valence-electron chi connectivity index (χ0n) is 14.8. The van der Waals surface area contributed by atoms with Gasteiger partial charge in [-0.3, -0.25) is 0 Å². The molecule has 0 atom stereocenters. The molecule has 0 amide bonds. The Morgan fingerprint density at radius 1 is 1.08 bits per heavy atom. The molecule has 3 rings (SSSR count). The predicted molar refractivity (Wildman–Crippen MR) is 103 cm³/mol. The first kappa shape index (κ1) is 16.7. The third kappa shape index (κ3) is 2.99. The smallest absolute Gasteiger partial charge is 0.142 e. The van der Waals surface area contributed by atoms with Crippen LogP contribution in [0.15, 0.2) is 48.5 Å². The van der Waals surface area contributed by atoms with Crippen LogP contribution in [0.3, 0.4) is 0 Å². The average Bonchev–Trinajstić information content (AvgIpc) is 2.63. The van der Waals surface area contributed by atoms with Crippen molar-refractivity contribution in [3.63, 3.8) is 0 Å². The molecule has 124 valence electrons. The van der Waals surface area contributed by atoms with Gasteiger partial charge >= 0.3 is 0 Å². The lowest BCUT2D eigenvalue weighted by atomic mass is 9.88. The molecule has 1 heterocycles. The largest absolute Gasteiger partial charge is 0.383 e. The molecule has 0 unspecified atom stereocenters. The van der Waals surface area contributed by atoms with Crippen LogP contribution < -0.4 is 5.73 Å². The number of nitrogens with two attached hydrogens (primary N) is 1. The summed E-state index contributed by atoms with van der Waals surface area (Å²) in [7, 11) is 0. The van der Waals surface area contributed by atoms with Crippen LogP contribution in [0.5, 0.6) is 0 Å². The monoisotopic (exact) mass is 327 g/mol. The molecule has 0 aliphatic heterocycles. The quantitative estimate of drug-likeness (QED) is 0.732. The number of aromatic nitrogens is 1.